The van der Waals surface area contributed by atoms with Crippen molar-refractivity contribution >= 4 is 17.5 Å². The molecular weight excluding hydrogens is 382 g/mol. The van der Waals surface area contributed by atoms with Gasteiger partial charge in [0.25, 0.3) is 5.82 Å². The molecule has 0 spiro atoms. The van der Waals surface area contributed by atoms with Crippen LogP contribution in [0.1, 0.15) is 59.8 Å². The van der Waals surface area contributed by atoms with Crippen LogP contribution in [-0.2, 0) is 6.42 Å². The Balaban J connectivity index is 1.49. The Bertz CT molecular complexity index is 1050. The van der Waals surface area contributed by atoms with Gasteiger partial charge in [0.1, 0.15) is 0 Å². The topological polar surface area (TPSA) is 116 Å². The lowest BCUT2D eigenvalue weighted by atomic mass is 10.0. The number of carbonyl (C=O) groups excluding carboxylic acids is 1. The molecule has 3 aromatic rings. The van der Waals surface area contributed by atoms with E-state index >= 15 is 0 Å². The Labute approximate surface area is 174 Å². The highest BCUT2D eigenvalue weighted by molar-refractivity contribution is 6.12. The lowest BCUT2D eigenvalue weighted by Crippen LogP contribution is -2.11. The first-order valence-corrected chi connectivity index (χ1v) is 9.96. The van der Waals surface area contributed by atoms with Crippen LogP contribution in [0.15, 0.2) is 42.5 Å². The molecule has 2 aromatic carbocycles. The molecule has 1 aliphatic heterocycles. The number of allylic oxidation sites excluding steroid dienone is 1. The molecule has 0 saturated carbocycles. The molecule has 154 valence electrons. The average molecular weight is 405 g/mol. The summed E-state index contributed by atoms with van der Waals surface area (Å²) >= 11 is 0. The minimum absolute atomic E-state index is 0.234. The zero-order chi connectivity index (χ0) is 20.9. The molecular formula is C22H23N5O3. The number of rotatable bonds is 8. The van der Waals surface area contributed by atoms with Crippen LogP contribution < -0.4 is 15.2 Å². The summed E-state index contributed by atoms with van der Waals surface area (Å²) in [6.45, 7) is 2.20. The fraction of sp³-hybridized carbons (Fsp3) is 0.273. The summed E-state index contributed by atoms with van der Waals surface area (Å²) in [6.07, 6.45) is 7.08. The third-order valence-corrected chi connectivity index (χ3v) is 4.91. The zero-order valence-corrected chi connectivity index (χ0v) is 16.7. The van der Waals surface area contributed by atoms with Gasteiger partial charge in [-0.05, 0) is 47.4 Å². The lowest BCUT2D eigenvalue weighted by molar-refractivity contribution is 0.0401. The number of tetrazole rings is 1. The zero-order valence-electron chi connectivity index (χ0n) is 16.7. The number of nitrogens with zero attached hydrogens (tertiary/aromatic N) is 3. The molecule has 4 rings (SSSR count). The van der Waals surface area contributed by atoms with Crippen molar-refractivity contribution in [2.45, 2.75) is 38.9 Å². The van der Waals surface area contributed by atoms with Crippen molar-refractivity contribution in [2.75, 3.05) is 5.73 Å². The van der Waals surface area contributed by atoms with Gasteiger partial charge >= 0.3 is 6.29 Å². The van der Waals surface area contributed by atoms with Crippen molar-refractivity contribution in [2.24, 2.45) is 0 Å². The summed E-state index contributed by atoms with van der Waals surface area (Å²) in [4.78, 5) is 12.9. The summed E-state index contributed by atoms with van der Waals surface area (Å²) < 4.78 is 11.4. The van der Waals surface area contributed by atoms with E-state index in [0.29, 0.717) is 11.4 Å². The SMILES string of the molecule is CCCCCc1ccc(C=CC(=O)c2c(N)ccc3c2OC(c2nn[nH]n2)O3)cc1. The molecule has 0 bridgehead atoms. The van der Waals surface area contributed by atoms with Gasteiger partial charge in [-0.15, -0.1) is 10.2 Å². The van der Waals surface area contributed by atoms with Crippen molar-refractivity contribution in [3.8, 4) is 11.5 Å². The number of carbonyl (C=O) groups is 1. The van der Waals surface area contributed by atoms with Crippen LogP contribution in [0.5, 0.6) is 11.5 Å². The number of nitrogens with one attached hydrogen (secondary N) is 1. The molecule has 2 heterocycles. The Morgan fingerprint density at radius 2 is 2.00 bits per heavy atom. The number of hydrogen-bond donors (Lipinski definition) is 2. The van der Waals surface area contributed by atoms with Gasteiger partial charge in [-0.3, -0.25) is 4.79 Å². The quantitative estimate of drug-likeness (QED) is 0.253. The predicted octanol–water partition coefficient (Wildman–Crippen LogP) is 3.88. The number of fused-ring (bicyclic) bond motifs is 1. The van der Waals surface area contributed by atoms with Crippen molar-refractivity contribution in [3.63, 3.8) is 0 Å². The van der Waals surface area contributed by atoms with Crippen LogP contribution in [-0.4, -0.2) is 26.4 Å². The number of nitrogens with two attached hydrogens (primary N) is 1. The molecule has 0 radical (unpaired) electrons. The van der Waals surface area contributed by atoms with Crippen LogP contribution in [0.25, 0.3) is 6.08 Å². The van der Waals surface area contributed by atoms with E-state index in [9.17, 15) is 4.79 Å². The number of aryl methyl sites for hydroxylation is 1. The van der Waals surface area contributed by atoms with Crippen molar-refractivity contribution < 1.29 is 14.3 Å². The van der Waals surface area contributed by atoms with Gasteiger partial charge in [-0.25, -0.2) is 0 Å². The average Bonchev–Trinajstić information content (AvgIpc) is 3.43. The van der Waals surface area contributed by atoms with Gasteiger partial charge in [-0.2, -0.15) is 5.21 Å². The molecule has 0 aliphatic carbocycles. The number of aromatic nitrogens is 4. The molecule has 1 unspecified atom stereocenters. The first-order chi connectivity index (χ1) is 14.7. The maximum Gasteiger partial charge on any atom is 0.306 e. The first-order valence-electron chi connectivity index (χ1n) is 9.96. The highest BCUT2D eigenvalue weighted by Gasteiger charge is 2.33. The molecule has 3 N–H and O–H groups in total. The number of aromatic amines is 1. The van der Waals surface area contributed by atoms with Gasteiger partial charge in [0.15, 0.2) is 17.3 Å². The summed E-state index contributed by atoms with van der Waals surface area (Å²) in [5.74, 6) is 0.657. The fourth-order valence-electron chi connectivity index (χ4n) is 3.29. The van der Waals surface area contributed by atoms with E-state index < -0.39 is 6.29 Å². The molecule has 1 atom stereocenters. The smallest absolute Gasteiger partial charge is 0.306 e. The maximum atomic E-state index is 12.9. The van der Waals surface area contributed by atoms with E-state index in [1.54, 1.807) is 18.2 Å². The molecule has 0 fully saturated rings. The highest BCUT2D eigenvalue weighted by atomic mass is 16.7. The van der Waals surface area contributed by atoms with E-state index in [2.05, 4.69) is 39.7 Å². The fourth-order valence-corrected chi connectivity index (χ4v) is 3.29. The Hall–Kier alpha value is -3.68. The number of anilines is 1. The van der Waals surface area contributed by atoms with Crippen LogP contribution in [0.3, 0.4) is 0 Å². The number of ketones is 1. The Morgan fingerprint density at radius 3 is 2.73 bits per heavy atom. The molecule has 1 aromatic heterocycles. The normalized spacial score (nSPS) is 15.0. The van der Waals surface area contributed by atoms with E-state index in [1.165, 1.54) is 30.9 Å². The van der Waals surface area contributed by atoms with E-state index in [4.69, 9.17) is 15.2 Å². The van der Waals surface area contributed by atoms with Crippen molar-refractivity contribution in [1.29, 1.82) is 0 Å². The third-order valence-electron chi connectivity index (χ3n) is 4.91. The summed E-state index contributed by atoms with van der Waals surface area (Å²) in [5.41, 5.74) is 8.87. The molecule has 8 nitrogen and oxygen atoms in total. The third kappa shape index (κ3) is 4.17. The molecule has 1 aliphatic rings. The van der Waals surface area contributed by atoms with Gasteiger partial charge in [0, 0.05) is 5.69 Å². The van der Waals surface area contributed by atoms with Gasteiger partial charge in [0.05, 0.1) is 5.56 Å². The number of H-pyrrole nitrogens is 1. The molecule has 30 heavy (non-hydrogen) atoms. The summed E-state index contributed by atoms with van der Waals surface area (Å²) in [5, 5.41) is 13.6. The lowest BCUT2D eigenvalue weighted by Gasteiger charge is -2.07. The van der Waals surface area contributed by atoms with Crippen molar-refractivity contribution in [3.05, 3.63) is 65.0 Å². The summed E-state index contributed by atoms with van der Waals surface area (Å²) in [7, 11) is 0. The van der Waals surface area contributed by atoms with E-state index in [1.807, 2.05) is 12.1 Å². The number of benzene rings is 2. The number of ether oxygens (including phenoxy) is 2. The predicted molar refractivity (Wildman–Crippen MR) is 112 cm³/mol. The number of unbranched alkanes of at least 4 members (excludes halogenated alkanes) is 2. The largest absolute Gasteiger partial charge is 0.444 e. The molecule has 0 saturated heterocycles. The monoisotopic (exact) mass is 405 g/mol. The van der Waals surface area contributed by atoms with Crippen LogP contribution >= 0.6 is 0 Å². The minimum atomic E-state index is -0.878. The van der Waals surface area contributed by atoms with E-state index in [-0.39, 0.29) is 22.9 Å². The van der Waals surface area contributed by atoms with Crippen molar-refractivity contribution in [1.82, 2.24) is 20.6 Å². The number of hydrogen-bond acceptors (Lipinski definition) is 7. The first kappa shape index (κ1) is 19.6. The maximum absolute atomic E-state index is 12.9. The Morgan fingerprint density at radius 1 is 1.17 bits per heavy atom. The van der Waals surface area contributed by atoms with Crippen LogP contribution in [0, 0.1) is 0 Å². The second kappa shape index (κ2) is 8.77. The Kier molecular flexibility index (Phi) is 5.74. The molecule has 0 amide bonds. The van der Waals surface area contributed by atoms with Gasteiger partial charge < -0.3 is 15.2 Å². The van der Waals surface area contributed by atoms with Crippen LogP contribution in [0.2, 0.25) is 0 Å². The highest BCUT2D eigenvalue weighted by Crippen LogP contribution is 2.44. The van der Waals surface area contributed by atoms with Crippen LogP contribution in [0.4, 0.5) is 5.69 Å². The standard InChI is InChI=1S/C22H23N5O3/c1-2-3-4-5-14-6-8-15(9-7-14)10-12-17(28)19-16(23)11-13-18-20(19)30-22(29-18)21-24-26-27-25-21/h6-13,22H,2-5,23H2,1H3,(H,24,25,26,27). The number of nitrogen functional groups attached to an aromatic ring is 1. The van der Waals surface area contributed by atoms with Gasteiger partial charge in [-0.1, -0.05) is 50.1 Å². The second-order valence-electron chi connectivity index (χ2n) is 7.09. The molecule has 8 heteroatoms. The summed E-state index contributed by atoms with van der Waals surface area (Å²) in [6, 6.07) is 11.5. The van der Waals surface area contributed by atoms with E-state index in [0.717, 1.165) is 12.0 Å². The second-order valence-corrected chi connectivity index (χ2v) is 7.09. The minimum Gasteiger partial charge on any atom is -0.444 e. The van der Waals surface area contributed by atoms with Gasteiger partial charge in [0.2, 0.25) is 0 Å².